The molecule has 0 radical (unpaired) electrons. The molecule has 1 unspecified atom stereocenters. The average Bonchev–Trinajstić information content (AvgIpc) is 2.40. The molecule has 0 spiro atoms. The van der Waals surface area contributed by atoms with Crippen LogP contribution in [-0.2, 0) is 4.74 Å². The number of methoxy groups -OCH3 is 1. The predicted octanol–water partition coefficient (Wildman–Crippen LogP) is 2.72. The van der Waals surface area contributed by atoms with Crippen molar-refractivity contribution in [3.8, 4) is 0 Å². The maximum absolute atomic E-state index is 5.46. The second kappa shape index (κ2) is 7.44. The molecule has 1 rings (SSSR count). The van der Waals surface area contributed by atoms with E-state index in [1.807, 2.05) is 6.20 Å². The van der Waals surface area contributed by atoms with Crippen LogP contribution in [0.25, 0.3) is 0 Å². The van der Waals surface area contributed by atoms with Gasteiger partial charge in [-0.2, -0.15) is 0 Å². The summed E-state index contributed by atoms with van der Waals surface area (Å²) in [4.78, 5) is 8.54. The maximum Gasteiger partial charge on any atom is 0.0756 e. The van der Waals surface area contributed by atoms with Gasteiger partial charge in [-0.3, -0.25) is 9.97 Å². The van der Waals surface area contributed by atoms with Crippen LogP contribution in [0.15, 0.2) is 18.6 Å². The third-order valence-electron chi connectivity index (χ3n) is 3.17. The van der Waals surface area contributed by atoms with Gasteiger partial charge in [-0.1, -0.05) is 6.92 Å². The zero-order valence-corrected chi connectivity index (χ0v) is 11.9. The molecule has 4 heteroatoms. The lowest BCUT2D eigenvalue weighted by molar-refractivity contribution is 0.0116. The number of nitrogens with one attached hydrogen (secondary N) is 1. The van der Waals surface area contributed by atoms with Crippen molar-refractivity contribution in [2.45, 2.75) is 51.7 Å². The Morgan fingerprint density at radius 2 is 2.17 bits per heavy atom. The maximum atomic E-state index is 5.46. The minimum atomic E-state index is -0.0889. The molecule has 18 heavy (non-hydrogen) atoms. The van der Waals surface area contributed by atoms with Crippen molar-refractivity contribution < 1.29 is 4.74 Å². The van der Waals surface area contributed by atoms with Crippen molar-refractivity contribution in [2.75, 3.05) is 13.7 Å². The first-order chi connectivity index (χ1) is 8.59. The number of ether oxygens (including phenoxy) is 1. The van der Waals surface area contributed by atoms with E-state index in [-0.39, 0.29) is 11.6 Å². The van der Waals surface area contributed by atoms with Gasteiger partial charge in [0.05, 0.1) is 17.3 Å². The highest BCUT2D eigenvalue weighted by Gasteiger charge is 2.20. The summed E-state index contributed by atoms with van der Waals surface area (Å²) in [7, 11) is 1.76. The fourth-order valence-corrected chi connectivity index (χ4v) is 1.76. The Morgan fingerprint density at radius 1 is 1.39 bits per heavy atom. The van der Waals surface area contributed by atoms with E-state index < -0.39 is 0 Å². The minimum Gasteiger partial charge on any atom is -0.379 e. The summed E-state index contributed by atoms with van der Waals surface area (Å²) in [5, 5.41) is 3.52. The van der Waals surface area contributed by atoms with Crippen molar-refractivity contribution in [1.29, 1.82) is 0 Å². The third-order valence-corrected chi connectivity index (χ3v) is 3.17. The Labute approximate surface area is 110 Å². The number of hydrogen-bond donors (Lipinski definition) is 1. The van der Waals surface area contributed by atoms with Gasteiger partial charge >= 0.3 is 0 Å². The molecule has 0 aliphatic heterocycles. The van der Waals surface area contributed by atoms with Crippen LogP contribution in [-0.4, -0.2) is 29.2 Å². The Hall–Kier alpha value is -1.00. The van der Waals surface area contributed by atoms with Crippen LogP contribution >= 0.6 is 0 Å². The summed E-state index contributed by atoms with van der Waals surface area (Å²) in [5.74, 6) is 0. The largest absolute Gasteiger partial charge is 0.379 e. The van der Waals surface area contributed by atoms with E-state index in [9.17, 15) is 0 Å². The van der Waals surface area contributed by atoms with Crippen molar-refractivity contribution >= 4 is 0 Å². The second-order valence-electron chi connectivity index (χ2n) is 5.14. The van der Waals surface area contributed by atoms with Gasteiger partial charge in [-0.25, -0.2) is 0 Å². The minimum absolute atomic E-state index is 0.0889. The second-order valence-corrected chi connectivity index (χ2v) is 5.14. The molecule has 102 valence electrons. The van der Waals surface area contributed by atoms with Crippen LogP contribution in [0.4, 0.5) is 0 Å². The summed E-state index contributed by atoms with van der Waals surface area (Å²) in [6, 6.07) is 0.257. The third kappa shape index (κ3) is 5.10. The van der Waals surface area contributed by atoms with E-state index in [2.05, 4.69) is 36.1 Å². The summed E-state index contributed by atoms with van der Waals surface area (Å²) < 4.78 is 5.46. The number of aromatic nitrogens is 2. The molecule has 1 aromatic rings. The zero-order valence-electron chi connectivity index (χ0n) is 11.9. The van der Waals surface area contributed by atoms with E-state index in [4.69, 9.17) is 4.74 Å². The molecular formula is C14H25N3O. The van der Waals surface area contributed by atoms with Gasteiger partial charge in [0.2, 0.25) is 0 Å². The Balaban J connectivity index is 2.62. The van der Waals surface area contributed by atoms with E-state index in [0.717, 1.165) is 31.5 Å². The van der Waals surface area contributed by atoms with Crippen molar-refractivity contribution in [3.63, 3.8) is 0 Å². The monoisotopic (exact) mass is 251 g/mol. The van der Waals surface area contributed by atoms with Crippen LogP contribution in [0.3, 0.4) is 0 Å². The lowest BCUT2D eigenvalue weighted by Gasteiger charge is -2.26. The zero-order chi connectivity index (χ0) is 13.4. The first-order valence-corrected chi connectivity index (χ1v) is 6.63. The lowest BCUT2D eigenvalue weighted by atomic mass is 9.97. The van der Waals surface area contributed by atoms with Gasteiger partial charge in [0.1, 0.15) is 0 Å². The van der Waals surface area contributed by atoms with Crippen molar-refractivity contribution in [3.05, 3.63) is 24.3 Å². The lowest BCUT2D eigenvalue weighted by Crippen LogP contribution is -2.28. The molecule has 0 aromatic carbocycles. The number of nitrogens with zero attached hydrogens (tertiary/aromatic N) is 2. The molecule has 0 amide bonds. The topological polar surface area (TPSA) is 47.0 Å². The molecule has 0 fully saturated rings. The quantitative estimate of drug-likeness (QED) is 0.771. The molecular weight excluding hydrogens is 226 g/mol. The average molecular weight is 251 g/mol. The summed E-state index contributed by atoms with van der Waals surface area (Å²) in [5.41, 5.74) is 0.923. The molecule has 1 atom stereocenters. The molecule has 1 heterocycles. The standard InChI is InChI=1S/C14H25N3O/c1-5-8-16-12(6-7-14(2,3)18-4)13-11-15-9-10-17-13/h9-12,16H,5-8H2,1-4H3. The SMILES string of the molecule is CCCNC(CCC(C)(C)OC)c1cnccn1. The van der Waals surface area contributed by atoms with Crippen molar-refractivity contribution in [1.82, 2.24) is 15.3 Å². The molecule has 0 aliphatic rings. The van der Waals surface area contributed by atoms with E-state index in [1.54, 1.807) is 19.5 Å². The van der Waals surface area contributed by atoms with E-state index in [0.29, 0.717) is 0 Å². The predicted molar refractivity (Wildman–Crippen MR) is 73.4 cm³/mol. The summed E-state index contributed by atoms with van der Waals surface area (Å²) >= 11 is 0. The van der Waals surface area contributed by atoms with Crippen LogP contribution in [0.5, 0.6) is 0 Å². The first kappa shape index (κ1) is 15.1. The first-order valence-electron chi connectivity index (χ1n) is 6.63. The van der Waals surface area contributed by atoms with Gasteiger partial charge < -0.3 is 10.1 Å². The molecule has 0 aliphatic carbocycles. The molecule has 0 bridgehead atoms. The molecule has 1 aromatic heterocycles. The van der Waals surface area contributed by atoms with Crippen LogP contribution in [0, 0.1) is 0 Å². The molecule has 4 nitrogen and oxygen atoms in total. The highest BCUT2D eigenvalue weighted by molar-refractivity contribution is 5.02. The van der Waals surface area contributed by atoms with Gasteiger partial charge in [-0.05, 0) is 39.7 Å². The number of rotatable bonds is 8. The van der Waals surface area contributed by atoms with Crippen LogP contribution < -0.4 is 5.32 Å². The Morgan fingerprint density at radius 3 is 2.72 bits per heavy atom. The van der Waals surface area contributed by atoms with Gasteiger partial charge in [0.15, 0.2) is 0 Å². The van der Waals surface area contributed by atoms with Crippen LogP contribution in [0.1, 0.15) is 51.8 Å². The van der Waals surface area contributed by atoms with Gasteiger partial charge in [-0.15, -0.1) is 0 Å². The molecule has 0 saturated heterocycles. The fraction of sp³-hybridized carbons (Fsp3) is 0.714. The van der Waals surface area contributed by atoms with Crippen molar-refractivity contribution in [2.24, 2.45) is 0 Å². The normalized spacial score (nSPS) is 13.6. The molecule has 1 N–H and O–H groups in total. The van der Waals surface area contributed by atoms with Crippen LogP contribution in [0.2, 0.25) is 0 Å². The van der Waals surface area contributed by atoms with E-state index >= 15 is 0 Å². The fourth-order valence-electron chi connectivity index (χ4n) is 1.76. The van der Waals surface area contributed by atoms with E-state index in [1.165, 1.54) is 0 Å². The highest BCUT2D eigenvalue weighted by atomic mass is 16.5. The summed E-state index contributed by atoms with van der Waals surface area (Å²) in [6.07, 6.45) is 8.40. The molecule has 0 saturated carbocycles. The smallest absolute Gasteiger partial charge is 0.0756 e. The highest BCUT2D eigenvalue weighted by Crippen LogP contribution is 2.23. The Bertz CT molecular complexity index is 327. The van der Waals surface area contributed by atoms with Gasteiger partial charge in [0, 0.05) is 25.7 Å². The number of hydrogen-bond acceptors (Lipinski definition) is 4. The Kier molecular flexibility index (Phi) is 6.22. The van der Waals surface area contributed by atoms with Gasteiger partial charge in [0.25, 0.3) is 0 Å². The summed E-state index contributed by atoms with van der Waals surface area (Å²) in [6.45, 7) is 7.38.